The molecule has 0 atom stereocenters. The van der Waals surface area contributed by atoms with E-state index in [1.807, 2.05) is 19.9 Å². The molecule has 4 heteroatoms. The topological polar surface area (TPSA) is 32.9 Å². The Morgan fingerprint density at radius 3 is 2.73 bits per heavy atom. The first-order valence-corrected chi connectivity index (χ1v) is 6.36. The molecule has 0 aliphatic carbocycles. The molecule has 0 aliphatic rings. The summed E-state index contributed by atoms with van der Waals surface area (Å²) >= 11 is 5.55. The van der Waals surface area contributed by atoms with Gasteiger partial charge in [0.05, 0.1) is 8.96 Å². The van der Waals surface area contributed by atoms with Gasteiger partial charge in [0.2, 0.25) is 5.43 Å². The lowest BCUT2D eigenvalue weighted by molar-refractivity contribution is 1.30. The number of halogens is 2. The van der Waals surface area contributed by atoms with Crippen LogP contribution in [0.3, 0.4) is 0 Å². The summed E-state index contributed by atoms with van der Waals surface area (Å²) in [6.45, 7) is 3.98. The summed E-state index contributed by atoms with van der Waals surface area (Å²) in [7, 11) is 0. The minimum Gasteiger partial charge on any atom is -0.360 e. The third-order valence-corrected chi connectivity index (χ3v) is 4.50. The molecule has 0 saturated carbocycles. The summed E-state index contributed by atoms with van der Waals surface area (Å²) in [5.74, 6) is 0. The molecule has 0 bridgehead atoms. The monoisotopic (exact) mass is 377 g/mol. The number of aryl methyl sites for hydroxylation is 2. The second-order valence-electron chi connectivity index (χ2n) is 3.52. The van der Waals surface area contributed by atoms with Gasteiger partial charge >= 0.3 is 0 Å². The quantitative estimate of drug-likeness (QED) is 0.700. The first-order chi connectivity index (χ1) is 7.02. The maximum absolute atomic E-state index is 12.0. The minimum atomic E-state index is 0.0996. The number of aromatic nitrogens is 1. The zero-order chi connectivity index (χ0) is 11.2. The van der Waals surface area contributed by atoms with Gasteiger partial charge in [0.1, 0.15) is 0 Å². The molecule has 1 aromatic heterocycles. The minimum absolute atomic E-state index is 0.0996. The van der Waals surface area contributed by atoms with Crippen LogP contribution in [0.4, 0.5) is 0 Å². The van der Waals surface area contributed by atoms with Crippen molar-refractivity contribution in [2.75, 3.05) is 0 Å². The molecule has 15 heavy (non-hydrogen) atoms. The van der Waals surface area contributed by atoms with Gasteiger partial charge in [-0.15, -0.1) is 0 Å². The van der Waals surface area contributed by atoms with Gasteiger partial charge in [0.15, 0.2) is 0 Å². The van der Waals surface area contributed by atoms with E-state index in [1.54, 1.807) is 6.20 Å². The molecule has 0 amide bonds. The maximum Gasteiger partial charge on any atom is 0.202 e. The molecule has 2 rings (SSSR count). The Bertz CT molecular complexity index is 604. The van der Waals surface area contributed by atoms with Gasteiger partial charge in [-0.3, -0.25) is 4.79 Å². The first kappa shape index (κ1) is 11.1. The summed E-state index contributed by atoms with van der Waals surface area (Å²) in [6.07, 6.45) is 1.75. The third kappa shape index (κ3) is 1.73. The summed E-state index contributed by atoms with van der Waals surface area (Å²) in [4.78, 5) is 15.1. The summed E-state index contributed by atoms with van der Waals surface area (Å²) in [6, 6.07) is 1.99. The Morgan fingerprint density at radius 1 is 1.40 bits per heavy atom. The fourth-order valence-electron chi connectivity index (χ4n) is 1.69. The lowest BCUT2D eigenvalue weighted by Crippen LogP contribution is -2.08. The second kappa shape index (κ2) is 3.90. The van der Waals surface area contributed by atoms with E-state index < -0.39 is 0 Å². The number of aromatic amines is 1. The average Bonchev–Trinajstić information content (AvgIpc) is 2.20. The van der Waals surface area contributed by atoms with Gasteiger partial charge < -0.3 is 4.98 Å². The highest BCUT2D eigenvalue weighted by molar-refractivity contribution is 14.1. The van der Waals surface area contributed by atoms with Crippen molar-refractivity contribution in [3.63, 3.8) is 0 Å². The number of H-pyrrole nitrogens is 1. The number of rotatable bonds is 0. The highest BCUT2D eigenvalue weighted by atomic mass is 127. The van der Waals surface area contributed by atoms with E-state index in [0.29, 0.717) is 0 Å². The van der Waals surface area contributed by atoms with E-state index in [9.17, 15) is 4.79 Å². The van der Waals surface area contributed by atoms with Crippen LogP contribution in [-0.2, 0) is 0 Å². The Kier molecular flexibility index (Phi) is 2.89. The largest absolute Gasteiger partial charge is 0.360 e. The van der Waals surface area contributed by atoms with Crippen molar-refractivity contribution in [1.82, 2.24) is 4.98 Å². The first-order valence-electron chi connectivity index (χ1n) is 4.49. The SMILES string of the molecule is Cc1cc2[nH]cc(I)c(=O)c2c(C)c1Br. The van der Waals surface area contributed by atoms with Crippen molar-refractivity contribution in [2.24, 2.45) is 0 Å². The predicted molar refractivity (Wildman–Crippen MR) is 74.5 cm³/mol. The van der Waals surface area contributed by atoms with Gasteiger partial charge in [0.25, 0.3) is 0 Å². The predicted octanol–water partition coefficient (Wildman–Crippen LogP) is 3.51. The molecule has 0 radical (unpaired) electrons. The number of hydrogen-bond acceptors (Lipinski definition) is 1. The Balaban J connectivity index is 3.07. The standard InChI is InChI=1S/C11H9BrINO/c1-5-3-8-9(6(2)10(5)12)11(15)7(13)4-14-8/h3-4H,1-2H3,(H,14,15). The highest BCUT2D eigenvalue weighted by Gasteiger charge is 2.10. The number of pyridine rings is 1. The van der Waals surface area contributed by atoms with Crippen LogP contribution in [0.1, 0.15) is 11.1 Å². The molecule has 78 valence electrons. The molecule has 0 fully saturated rings. The second-order valence-corrected chi connectivity index (χ2v) is 5.48. The van der Waals surface area contributed by atoms with Crippen LogP contribution in [0, 0.1) is 17.4 Å². The van der Waals surface area contributed by atoms with Crippen molar-refractivity contribution < 1.29 is 0 Å². The van der Waals surface area contributed by atoms with Crippen molar-refractivity contribution >= 4 is 49.4 Å². The van der Waals surface area contributed by atoms with E-state index in [0.717, 1.165) is 30.1 Å². The van der Waals surface area contributed by atoms with Gasteiger partial charge in [-0.1, -0.05) is 15.9 Å². The molecule has 0 spiro atoms. The molecule has 2 nitrogen and oxygen atoms in total. The Labute approximate surface area is 109 Å². The van der Waals surface area contributed by atoms with Crippen molar-refractivity contribution in [1.29, 1.82) is 0 Å². The molecule has 0 unspecified atom stereocenters. The van der Waals surface area contributed by atoms with Gasteiger partial charge in [0, 0.05) is 16.2 Å². The summed E-state index contributed by atoms with van der Waals surface area (Å²) in [5.41, 5.74) is 3.14. The number of hydrogen-bond donors (Lipinski definition) is 1. The fraction of sp³-hybridized carbons (Fsp3) is 0.182. The van der Waals surface area contributed by atoms with Crippen LogP contribution in [0.5, 0.6) is 0 Å². The normalized spacial score (nSPS) is 10.9. The molecular formula is C11H9BrINO. The molecule has 0 aliphatic heterocycles. The lowest BCUT2D eigenvalue weighted by atomic mass is 10.1. The zero-order valence-corrected chi connectivity index (χ0v) is 12.1. The number of fused-ring (bicyclic) bond motifs is 1. The maximum atomic E-state index is 12.0. The molecule has 1 aromatic carbocycles. The van der Waals surface area contributed by atoms with Crippen LogP contribution >= 0.6 is 38.5 Å². The number of benzene rings is 1. The summed E-state index contributed by atoms with van der Waals surface area (Å²) < 4.78 is 1.74. The Morgan fingerprint density at radius 2 is 2.07 bits per heavy atom. The molecule has 2 aromatic rings. The molecule has 1 heterocycles. The van der Waals surface area contributed by atoms with E-state index in [-0.39, 0.29) is 5.43 Å². The van der Waals surface area contributed by atoms with Crippen molar-refractivity contribution in [2.45, 2.75) is 13.8 Å². The van der Waals surface area contributed by atoms with E-state index in [4.69, 9.17) is 0 Å². The van der Waals surface area contributed by atoms with Gasteiger partial charge in [-0.05, 0) is 53.6 Å². The van der Waals surface area contributed by atoms with E-state index in [1.165, 1.54) is 0 Å². The fourth-order valence-corrected chi connectivity index (χ4v) is 2.43. The van der Waals surface area contributed by atoms with Crippen molar-refractivity contribution in [3.8, 4) is 0 Å². The van der Waals surface area contributed by atoms with Crippen LogP contribution < -0.4 is 5.43 Å². The Hall–Kier alpha value is -0.360. The average molecular weight is 378 g/mol. The highest BCUT2D eigenvalue weighted by Crippen LogP contribution is 2.26. The molecule has 0 saturated heterocycles. The van der Waals surface area contributed by atoms with Gasteiger partial charge in [-0.25, -0.2) is 0 Å². The van der Waals surface area contributed by atoms with Crippen molar-refractivity contribution in [3.05, 3.63) is 41.7 Å². The van der Waals surface area contributed by atoms with E-state index in [2.05, 4.69) is 43.5 Å². The summed E-state index contributed by atoms with van der Waals surface area (Å²) in [5, 5.41) is 0.777. The zero-order valence-electron chi connectivity index (χ0n) is 8.32. The molecular weight excluding hydrogens is 369 g/mol. The smallest absolute Gasteiger partial charge is 0.202 e. The third-order valence-electron chi connectivity index (χ3n) is 2.48. The van der Waals surface area contributed by atoms with E-state index >= 15 is 0 Å². The van der Waals surface area contributed by atoms with Gasteiger partial charge in [-0.2, -0.15) is 0 Å². The van der Waals surface area contributed by atoms with Crippen LogP contribution in [0.25, 0.3) is 10.9 Å². The molecule has 1 N–H and O–H groups in total. The van der Waals surface area contributed by atoms with Crippen LogP contribution in [-0.4, -0.2) is 4.98 Å². The van der Waals surface area contributed by atoms with Crippen LogP contribution in [0.2, 0.25) is 0 Å². The van der Waals surface area contributed by atoms with Crippen LogP contribution in [0.15, 0.2) is 21.5 Å². The number of nitrogens with one attached hydrogen (secondary N) is 1. The lowest BCUT2D eigenvalue weighted by Gasteiger charge is -2.07.